The average Bonchev–Trinajstić information content (AvgIpc) is 2.17. The first-order chi connectivity index (χ1) is 4.93. The summed E-state index contributed by atoms with van der Waals surface area (Å²) >= 11 is 0. The van der Waals surface area contributed by atoms with Gasteiger partial charge >= 0.3 is 0 Å². The highest BCUT2D eigenvalue weighted by Crippen LogP contribution is 1.98. The van der Waals surface area contributed by atoms with Crippen LogP contribution < -0.4 is 5.32 Å². The second-order valence-electron chi connectivity index (χ2n) is 2.60. The van der Waals surface area contributed by atoms with Gasteiger partial charge in [-0.2, -0.15) is 0 Å². The highest BCUT2D eigenvalue weighted by molar-refractivity contribution is 5.85. The molecule has 11 heavy (non-hydrogen) atoms. The van der Waals surface area contributed by atoms with E-state index in [1.165, 1.54) is 0 Å². The monoisotopic (exact) mass is 177 g/mol. The summed E-state index contributed by atoms with van der Waals surface area (Å²) in [4.78, 5) is 0. The third-order valence-electron chi connectivity index (χ3n) is 1.67. The number of halogens is 1. The SMILES string of the molecule is C=CC[C@H]1COCCCN1.Cl. The lowest BCUT2D eigenvalue weighted by Gasteiger charge is -2.11. The topological polar surface area (TPSA) is 21.3 Å². The standard InChI is InChI=1S/C8H15NO.ClH/c1-2-4-8-7-10-6-3-5-9-8;/h2,8-9H,1,3-7H2;1H/t8-;/m0./s1. The summed E-state index contributed by atoms with van der Waals surface area (Å²) in [7, 11) is 0. The summed E-state index contributed by atoms with van der Waals surface area (Å²) < 4.78 is 5.35. The first kappa shape index (κ1) is 11.0. The van der Waals surface area contributed by atoms with Gasteiger partial charge in [0.1, 0.15) is 0 Å². The molecule has 2 nitrogen and oxygen atoms in total. The molecule has 1 aliphatic rings. The highest BCUT2D eigenvalue weighted by atomic mass is 35.5. The molecule has 0 amide bonds. The third-order valence-corrected chi connectivity index (χ3v) is 1.67. The summed E-state index contributed by atoms with van der Waals surface area (Å²) in [6.07, 6.45) is 4.08. The molecular weight excluding hydrogens is 162 g/mol. The van der Waals surface area contributed by atoms with Crippen LogP contribution in [0.4, 0.5) is 0 Å². The minimum atomic E-state index is 0. The summed E-state index contributed by atoms with van der Waals surface area (Å²) in [6, 6.07) is 0.500. The Balaban J connectivity index is 0.000001000. The van der Waals surface area contributed by atoms with Crippen LogP contribution in [0.25, 0.3) is 0 Å². The molecule has 1 N–H and O–H groups in total. The van der Waals surface area contributed by atoms with Gasteiger partial charge in [-0.1, -0.05) is 6.08 Å². The summed E-state index contributed by atoms with van der Waals surface area (Å²) in [6.45, 7) is 6.51. The quantitative estimate of drug-likeness (QED) is 0.644. The van der Waals surface area contributed by atoms with E-state index in [2.05, 4.69) is 11.9 Å². The lowest BCUT2D eigenvalue weighted by Crippen LogP contribution is -2.30. The van der Waals surface area contributed by atoms with Crippen molar-refractivity contribution in [1.29, 1.82) is 0 Å². The predicted molar refractivity (Wildman–Crippen MR) is 49.3 cm³/mol. The predicted octanol–water partition coefficient (Wildman–Crippen LogP) is 1.36. The molecule has 0 saturated carbocycles. The van der Waals surface area contributed by atoms with Crippen LogP contribution in [0.1, 0.15) is 12.8 Å². The van der Waals surface area contributed by atoms with Crippen LogP contribution in [0.3, 0.4) is 0 Å². The molecule has 0 aromatic heterocycles. The van der Waals surface area contributed by atoms with E-state index in [4.69, 9.17) is 4.74 Å². The Morgan fingerprint density at radius 2 is 2.45 bits per heavy atom. The van der Waals surface area contributed by atoms with Crippen molar-refractivity contribution in [3.05, 3.63) is 12.7 Å². The minimum Gasteiger partial charge on any atom is -0.380 e. The molecule has 0 spiro atoms. The molecule has 0 bridgehead atoms. The Morgan fingerprint density at radius 3 is 3.18 bits per heavy atom. The van der Waals surface area contributed by atoms with Crippen molar-refractivity contribution in [2.45, 2.75) is 18.9 Å². The molecule has 1 atom stereocenters. The van der Waals surface area contributed by atoms with Gasteiger partial charge in [0.15, 0.2) is 0 Å². The van der Waals surface area contributed by atoms with Crippen molar-refractivity contribution in [3.63, 3.8) is 0 Å². The number of ether oxygens (including phenoxy) is 1. The zero-order valence-corrected chi connectivity index (χ0v) is 7.53. The molecule has 3 heteroatoms. The van der Waals surface area contributed by atoms with E-state index in [1.807, 2.05) is 6.08 Å². The van der Waals surface area contributed by atoms with Crippen molar-refractivity contribution >= 4 is 12.4 Å². The third kappa shape index (κ3) is 4.40. The second kappa shape index (κ2) is 6.65. The van der Waals surface area contributed by atoms with Gasteiger partial charge in [-0.05, 0) is 19.4 Å². The van der Waals surface area contributed by atoms with Crippen LogP contribution in [0.15, 0.2) is 12.7 Å². The molecular formula is C8H16ClNO. The van der Waals surface area contributed by atoms with Gasteiger partial charge in [0, 0.05) is 12.6 Å². The Hall–Kier alpha value is -0.0500. The summed E-state index contributed by atoms with van der Waals surface area (Å²) in [5.74, 6) is 0. The van der Waals surface area contributed by atoms with Crippen LogP contribution in [-0.2, 0) is 4.74 Å². The zero-order valence-electron chi connectivity index (χ0n) is 6.71. The molecule has 1 aliphatic heterocycles. The van der Waals surface area contributed by atoms with Crippen LogP contribution in [0.2, 0.25) is 0 Å². The molecule has 0 aromatic carbocycles. The van der Waals surface area contributed by atoms with Gasteiger partial charge in [-0.25, -0.2) is 0 Å². The average molecular weight is 178 g/mol. The number of rotatable bonds is 2. The maximum Gasteiger partial charge on any atom is 0.0622 e. The van der Waals surface area contributed by atoms with Gasteiger partial charge in [0.25, 0.3) is 0 Å². The molecule has 0 aromatic rings. The van der Waals surface area contributed by atoms with E-state index in [0.717, 1.165) is 32.6 Å². The summed E-state index contributed by atoms with van der Waals surface area (Å²) in [5, 5.41) is 3.39. The summed E-state index contributed by atoms with van der Waals surface area (Å²) in [5.41, 5.74) is 0. The molecule has 0 radical (unpaired) electrons. The van der Waals surface area contributed by atoms with Crippen LogP contribution >= 0.6 is 12.4 Å². The van der Waals surface area contributed by atoms with Gasteiger partial charge in [-0.15, -0.1) is 19.0 Å². The van der Waals surface area contributed by atoms with E-state index in [-0.39, 0.29) is 12.4 Å². The maximum absolute atomic E-state index is 5.35. The van der Waals surface area contributed by atoms with Gasteiger partial charge < -0.3 is 10.1 Å². The van der Waals surface area contributed by atoms with Crippen molar-refractivity contribution < 1.29 is 4.74 Å². The van der Waals surface area contributed by atoms with E-state index >= 15 is 0 Å². The Morgan fingerprint density at radius 1 is 1.64 bits per heavy atom. The Bertz CT molecular complexity index is 100. The normalized spacial score (nSPS) is 24.9. The van der Waals surface area contributed by atoms with Crippen molar-refractivity contribution in [2.24, 2.45) is 0 Å². The van der Waals surface area contributed by atoms with Gasteiger partial charge in [-0.3, -0.25) is 0 Å². The molecule has 0 aliphatic carbocycles. The second-order valence-corrected chi connectivity index (χ2v) is 2.60. The van der Waals surface area contributed by atoms with Crippen molar-refractivity contribution in [3.8, 4) is 0 Å². The van der Waals surface area contributed by atoms with E-state index < -0.39 is 0 Å². The molecule has 1 saturated heterocycles. The largest absolute Gasteiger partial charge is 0.380 e. The smallest absolute Gasteiger partial charge is 0.0622 e. The molecule has 1 fully saturated rings. The fraction of sp³-hybridized carbons (Fsp3) is 0.750. The molecule has 1 rings (SSSR count). The maximum atomic E-state index is 5.35. The number of hydrogen-bond acceptors (Lipinski definition) is 2. The molecule has 66 valence electrons. The molecule has 0 unspecified atom stereocenters. The van der Waals surface area contributed by atoms with E-state index in [9.17, 15) is 0 Å². The fourth-order valence-corrected chi connectivity index (χ4v) is 1.12. The van der Waals surface area contributed by atoms with Crippen LogP contribution in [0, 0.1) is 0 Å². The molecule has 1 heterocycles. The minimum absolute atomic E-state index is 0. The zero-order chi connectivity index (χ0) is 7.23. The van der Waals surface area contributed by atoms with Crippen molar-refractivity contribution in [2.75, 3.05) is 19.8 Å². The van der Waals surface area contributed by atoms with E-state index in [0.29, 0.717) is 6.04 Å². The Labute approximate surface area is 74.4 Å². The van der Waals surface area contributed by atoms with Crippen LogP contribution in [0.5, 0.6) is 0 Å². The number of hydrogen-bond donors (Lipinski definition) is 1. The number of nitrogens with one attached hydrogen (secondary N) is 1. The van der Waals surface area contributed by atoms with Crippen molar-refractivity contribution in [1.82, 2.24) is 5.32 Å². The first-order valence-electron chi connectivity index (χ1n) is 3.85. The van der Waals surface area contributed by atoms with Gasteiger partial charge in [0.2, 0.25) is 0 Å². The Kier molecular flexibility index (Phi) is 6.62. The fourth-order valence-electron chi connectivity index (χ4n) is 1.12. The van der Waals surface area contributed by atoms with Crippen LogP contribution in [-0.4, -0.2) is 25.8 Å². The lowest BCUT2D eigenvalue weighted by atomic mass is 10.2. The van der Waals surface area contributed by atoms with Gasteiger partial charge in [0.05, 0.1) is 6.61 Å². The first-order valence-corrected chi connectivity index (χ1v) is 3.85. The van der Waals surface area contributed by atoms with E-state index in [1.54, 1.807) is 0 Å². The lowest BCUT2D eigenvalue weighted by molar-refractivity contribution is 0.132. The highest BCUT2D eigenvalue weighted by Gasteiger charge is 2.08.